The molecule has 36 heavy (non-hydrogen) atoms. The van der Waals surface area contributed by atoms with E-state index in [1.54, 1.807) is 31.2 Å². The van der Waals surface area contributed by atoms with Crippen LogP contribution in [-0.4, -0.2) is 55.1 Å². The molecule has 3 atom stereocenters. The van der Waals surface area contributed by atoms with E-state index in [0.717, 1.165) is 11.3 Å². The fraction of sp³-hybridized carbons (Fsp3) is 0.423. The third-order valence-electron chi connectivity index (χ3n) is 6.89. The van der Waals surface area contributed by atoms with Crippen LogP contribution in [0.3, 0.4) is 0 Å². The summed E-state index contributed by atoms with van der Waals surface area (Å²) in [5, 5.41) is 5.40. The zero-order chi connectivity index (χ0) is 26.1. The van der Waals surface area contributed by atoms with Crippen molar-refractivity contribution in [1.82, 2.24) is 14.5 Å². The molecule has 0 bridgehead atoms. The molecular formula is C26H32N4O5S. The molecule has 4 rings (SSSR count). The van der Waals surface area contributed by atoms with Crippen molar-refractivity contribution in [2.24, 2.45) is 11.8 Å². The summed E-state index contributed by atoms with van der Waals surface area (Å²) < 4.78 is 27.7. The van der Waals surface area contributed by atoms with Crippen molar-refractivity contribution in [1.29, 1.82) is 0 Å². The van der Waals surface area contributed by atoms with E-state index in [2.05, 4.69) is 10.6 Å². The molecule has 2 aromatic rings. The Morgan fingerprint density at radius 1 is 1.03 bits per heavy atom. The molecule has 0 aliphatic carbocycles. The third kappa shape index (κ3) is 4.87. The second kappa shape index (κ2) is 10.0. The van der Waals surface area contributed by atoms with E-state index in [-0.39, 0.29) is 4.90 Å². The molecule has 2 aliphatic rings. The molecule has 2 saturated heterocycles. The zero-order valence-electron chi connectivity index (χ0n) is 20.7. The predicted octanol–water partition coefficient (Wildman–Crippen LogP) is 3.15. The van der Waals surface area contributed by atoms with E-state index < -0.39 is 40.0 Å². The Kier molecular flexibility index (Phi) is 7.19. The number of nitrogens with one attached hydrogen (secondary N) is 2. The number of hydrogen-bond donors (Lipinski definition) is 2. The highest BCUT2D eigenvalue weighted by Crippen LogP contribution is 2.32. The standard InChI is InChI=1S/C26H32N4O5S/c1-4-26(20-8-6-5-7-9-20)24(32)30(25(33)28-26)17-23(31)27-21-10-12-22(13-11-21)36(34,35)29-15-18(2)14-19(3)16-29/h5-13,18-19H,4,14-17H2,1-3H3,(H,27,31)(H,28,33)/t18-,19+,26-/m1/s1. The van der Waals surface area contributed by atoms with Crippen LogP contribution in [0.15, 0.2) is 59.5 Å². The molecular weight excluding hydrogens is 480 g/mol. The number of imide groups is 1. The molecule has 0 spiro atoms. The van der Waals surface area contributed by atoms with E-state index >= 15 is 0 Å². The molecule has 4 amide bonds. The predicted molar refractivity (Wildman–Crippen MR) is 135 cm³/mol. The lowest BCUT2D eigenvalue weighted by Gasteiger charge is -2.34. The van der Waals surface area contributed by atoms with Crippen molar-refractivity contribution in [3.63, 3.8) is 0 Å². The number of urea groups is 1. The van der Waals surface area contributed by atoms with Crippen LogP contribution >= 0.6 is 0 Å². The van der Waals surface area contributed by atoms with Gasteiger partial charge < -0.3 is 10.6 Å². The van der Waals surface area contributed by atoms with E-state index in [4.69, 9.17) is 0 Å². The lowest BCUT2D eigenvalue weighted by atomic mass is 9.87. The van der Waals surface area contributed by atoms with E-state index in [0.29, 0.717) is 42.6 Å². The summed E-state index contributed by atoms with van der Waals surface area (Å²) in [6, 6.07) is 14.2. The molecule has 2 heterocycles. The highest BCUT2D eigenvalue weighted by Gasteiger charge is 2.51. The monoisotopic (exact) mass is 512 g/mol. The Morgan fingerprint density at radius 2 is 1.64 bits per heavy atom. The molecule has 192 valence electrons. The van der Waals surface area contributed by atoms with Crippen molar-refractivity contribution in [2.45, 2.75) is 44.0 Å². The maximum absolute atomic E-state index is 13.2. The van der Waals surface area contributed by atoms with Crippen molar-refractivity contribution >= 4 is 33.6 Å². The van der Waals surface area contributed by atoms with Gasteiger partial charge in [-0.1, -0.05) is 51.1 Å². The molecule has 10 heteroatoms. The quantitative estimate of drug-likeness (QED) is 0.553. The van der Waals surface area contributed by atoms with Crippen LogP contribution in [-0.2, 0) is 25.2 Å². The van der Waals surface area contributed by atoms with Gasteiger partial charge in [-0.2, -0.15) is 4.31 Å². The van der Waals surface area contributed by atoms with Gasteiger partial charge in [0.25, 0.3) is 5.91 Å². The van der Waals surface area contributed by atoms with Crippen LogP contribution in [0.4, 0.5) is 10.5 Å². The summed E-state index contributed by atoms with van der Waals surface area (Å²) in [6.07, 6.45) is 1.34. The van der Waals surface area contributed by atoms with Crippen molar-refractivity contribution in [3.05, 3.63) is 60.2 Å². The molecule has 2 fully saturated rings. The summed E-state index contributed by atoms with van der Waals surface area (Å²) in [6.45, 7) is 6.41. The molecule has 0 radical (unpaired) electrons. The smallest absolute Gasteiger partial charge is 0.325 e. The number of carbonyl (C=O) groups is 3. The third-order valence-corrected chi connectivity index (χ3v) is 8.73. The number of benzene rings is 2. The minimum atomic E-state index is -3.63. The van der Waals surface area contributed by atoms with Gasteiger partial charge in [0.2, 0.25) is 15.9 Å². The molecule has 2 N–H and O–H groups in total. The summed E-state index contributed by atoms with van der Waals surface area (Å²) in [5.41, 5.74) is -0.183. The van der Waals surface area contributed by atoms with Crippen LogP contribution < -0.4 is 10.6 Å². The first-order valence-corrected chi connectivity index (χ1v) is 13.6. The molecule has 0 saturated carbocycles. The summed E-state index contributed by atoms with van der Waals surface area (Å²) in [4.78, 5) is 39.6. The SMILES string of the molecule is CC[C@]1(c2ccccc2)NC(=O)N(CC(=O)Nc2ccc(S(=O)(=O)N3C[C@H](C)C[C@H](C)C3)cc2)C1=O. The number of anilines is 1. The number of sulfonamides is 1. The van der Waals surface area contributed by atoms with Crippen molar-refractivity contribution < 1.29 is 22.8 Å². The van der Waals surface area contributed by atoms with Crippen molar-refractivity contribution in [2.75, 3.05) is 25.0 Å². The Balaban J connectivity index is 1.43. The maximum atomic E-state index is 13.2. The topological polar surface area (TPSA) is 116 Å². The Morgan fingerprint density at radius 3 is 2.22 bits per heavy atom. The van der Waals surface area contributed by atoms with Crippen molar-refractivity contribution in [3.8, 4) is 0 Å². The Hall–Kier alpha value is -3.24. The highest BCUT2D eigenvalue weighted by atomic mass is 32.2. The maximum Gasteiger partial charge on any atom is 0.325 e. The van der Waals surface area contributed by atoms with Gasteiger partial charge in [0.1, 0.15) is 12.1 Å². The minimum Gasteiger partial charge on any atom is -0.325 e. The Bertz CT molecular complexity index is 1240. The number of nitrogens with zero attached hydrogens (tertiary/aromatic N) is 2. The first-order valence-electron chi connectivity index (χ1n) is 12.2. The van der Waals surface area contributed by atoms with Gasteiger partial charge in [-0.3, -0.25) is 14.5 Å². The second-order valence-electron chi connectivity index (χ2n) is 9.79. The van der Waals surface area contributed by atoms with Gasteiger partial charge in [0, 0.05) is 18.8 Å². The van der Waals surface area contributed by atoms with Gasteiger partial charge in [-0.25, -0.2) is 13.2 Å². The Labute approximate surface area is 211 Å². The van der Waals surface area contributed by atoms with Gasteiger partial charge >= 0.3 is 6.03 Å². The lowest BCUT2D eigenvalue weighted by molar-refractivity contribution is -0.134. The normalized spacial score (nSPS) is 25.0. The van der Waals surface area contributed by atoms with E-state index in [1.807, 2.05) is 19.9 Å². The number of carbonyl (C=O) groups excluding carboxylic acids is 3. The summed E-state index contributed by atoms with van der Waals surface area (Å²) in [7, 11) is -3.63. The molecule has 0 aromatic heterocycles. The van der Waals surface area contributed by atoms with Crippen LogP contribution in [0.2, 0.25) is 0 Å². The average Bonchev–Trinajstić information content (AvgIpc) is 3.09. The van der Waals surface area contributed by atoms with Gasteiger partial charge in [0.05, 0.1) is 4.90 Å². The van der Waals surface area contributed by atoms with Crippen LogP contribution in [0, 0.1) is 11.8 Å². The van der Waals surface area contributed by atoms with Gasteiger partial charge in [-0.05, 0) is 54.5 Å². The van der Waals surface area contributed by atoms with E-state index in [9.17, 15) is 22.8 Å². The molecule has 9 nitrogen and oxygen atoms in total. The second-order valence-corrected chi connectivity index (χ2v) is 11.7. The highest BCUT2D eigenvalue weighted by molar-refractivity contribution is 7.89. The minimum absolute atomic E-state index is 0.159. The number of amides is 4. The lowest BCUT2D eigenvalue weighted by Crippen LogP contribution is -2.44. The average molecular weight is 513 g/mol. The number of piperidine rings is 1. The molecule has 0 unspecified atom stereocenters. The van der Waals surface area contributed by atoms with Crippen LogP contribution in [0.25, 0.3) is 0 Å². The largest absolute Gasteiger partial charge is 0.325 e. The number of rotatable bonds is 7. The first-order chi connectivity index (χ1) is 17.1. The summed E-state index contributed by atoms with van der Waals surface area (Å²) >= 11 is 0. The van der Waals surface area contributed by atoms with E-state index in [1.165, 1.54) is 28.6 Å². The fourth-order valence-electron chi connectivity index (χ4n) is 5.14. The zero-order valence-corrected chi connectivity index (χ0v) is 21.5. The first kappa shape index (κ1) is 25.8. The van der Waals surface area contributed by atoms with Crippen LogP contribution in [0.5, 0.6) is 0 Å². The summed E-state index contributed by atoms with van der Waals surface area (Å²) in [5.74, 6) is -0.461. The van der Waals surface area contributed by atoms with Crippen LogP contribution in [0.1, 0.15) is 39.2 Å². The molecule has 2 aromatic carbocycles. The van der Waals surface area contributed by atoms with Gasteiger partial charge in [-0.15, -0.1) is 0 Å². The molecule has 2 aliphatic heterocycles. The van der Waals surface area contributed by atoms with Gasteiger partial charge in [0.15, 0.2) is 0 Å². The fourth-order valence-corrected chi connectivity index (χ4v) is 6.82. The number of hydrogen-bond acceptors (Lipinski definition) is 5.